The lowest BCUT2D eigenvalue weighted by atomic mass is 10.1. The van der Waals surface area contributed by atoms with Crippen molar-refractivity contribution in [3.63, 3.8) is 0 Å². The third-order valence-electron chi connectivity index (χ3n) is 4.19. The quantitative estimate of drug-likeness (QED) is 0.875. The lowest BCUT2D eigenvalue weighted by Gasteiger charge is -2.31. The van der Waals surface area contributed by atoms with Crippen LogP contribution < -0.4 is 10.1 Å². The molecule has 1 aromatic rings. The van der Waals surface area contributed by atoms with E-state index in [1.165, 1.54) is 4.31 Å². The van der Waals surface area contributed by atoms with E-state index in [-0.39, 0.29) is 10.9 Å². The van der Waals surface area contributed by atoms with E-state index >= 15 is 0 Å². The first-order valence-electron chi connectivity index (χ1n) is 7.14. The second-order valence-electron chi connectivity index (χ2n) is 5.49. The van der Waals surface area contributed by atoms with E-state index in [0.717, 1.165) is 42.4 Å². The number of hydrogen-bond donors (Lipinski definition) is 1. The Balaban J connectivity index is 1.98. The van der Waals surface area contributed by atoms with Gasteiger partial charge >= 0.3 is 0 Å². The predicted octanol–water partition coefficient (Wildman–Crippen LogP) is 1.76. The summed E-state index contributed by atoms with van der Waals surface area (Å²) >= 11 is 3.40. The molecule has 7 heteroatoms. The molecule has 0 aliphatic carbocycles. The third kappa shape index (κ3) is 2.84. The molecule has 0 bridgehead atoms. The molecule has 0 radical (unpaired) electrons. The number of halogens is 1. The number of sulfonamides is 1. The van der Waals surface area contributed by atoms with Crippen LogP contribution in [0.5, 0.6) is 5.75 Å². The smallest absolute Gasteiger partial charge is 0.246 e. The Labute approximate surface area is 133 Å². The Morgan fingerprint density at radius 2 is 2.05 bits per heavy atom. The normalized spacial score (nSPS) is 19.6. The average Bonchev–Trinajstić information content (AvgIpc) is 2.94. The molecule has 0 aromatic heterocycles. The highest BCUT2D eigenvalue weighted by atomic mass is 79.9. The van der Waals surface area contributed by atoms with Crippen LogP contribution in [0.25, 0.3) is 0 Å². The zero-order valence-corrected chi connectivity index (χ0v) is 14.3. The lowest BCUT2D eigenvalue weighted by Crippen LogP contribution is -2.43. The topological polar surface area (TPSA) is 58.6 Å². The summed E-state index contributed by atoms with van der Waals surface area (Å²) in [5.74, 6) is 0.527. The molecule has 1 N–H and O–H groups in total. The summed E-state index contributed by atoms with van der Waals surface area (Å²) in [4.78, 5) is 0.283. The van der Waals surface area contributed by atoms with Gasteiger partial charge in [-0.05, 0) is 38.1 Å². The van der Waals surface area contributed by atoms with E-state index in [1.807, 2.05) is 6.07 Å². The van der Waals surface area contributed by atoms with Gasteiger partial charge < -0.3 is 10.1 Å². The van der Waals surface area contributed by atoms with Crippen molar-refractivity contribution in [1.29, 1.82) is 0 Å². The van der Waals surface area contributed by atoms with Crippen LogP contribution in [-0.4, -0.2) is 45.5 Å². The monoisotopic (exact) mass is 374 g/mol. The Morgan fingerprint density at radius 3 is 2.76 bits per heavy atom. The van der Waals surface area contributed by atoms with Gasteiger partial charge in [-0.1, -0.05) is 15.9 Å². The van der Waals surface area contributed by atoms with E-state index in [4.69, 9.17) is 4.74 Å². The van der Waals surface area contributed by atoms with Crippen molar-refractivity contribution in [2.24, 2.45) is 0 Å². The minimum Gasteiger partial charge on any atom is -0.492 e. The molecule has 3 rings (SSSR count). The molecule has 0 amide bonds. The molecule has 2 aliphatic heterocycles. The fourth-order valence-corrected chi connectivity index (χ4v) is 5.22. The van der Waals surface area contributed by atoms with Crippen molar-refractivity contribution in [1.82, 2.24) is 9.62 Å². The van der Waals surface area contributed by atoms with Gasteiger partial charge in [-0.25, -0.2) is 8.42 Å². The minimum absolute atomic E-state index is 0.0484. The van der Waals surface area contributed by atoms with Gasteiger partial charge in [0.2, 0.25) is 10.0 Å². The molecule has 0 atom stereocenters. The SMILES string of the molecule is CN(C1CCNCC1)S(=O)(=O)c1cc(Br)cc2c1OCC2. The summed E-state index contributed by atoms with van der Waals surface area (Å²) in [5.41, 5.74) is 0.960. The molecule has 0 unspecified atom stereocenters. The van der Waals surface area contributed by atoms with Crippen LogP contribution in [0.15, 0.2) is 21.5 Å². The van der Waals surface area contributed by atoms with E-state index < -0.39 is 10.0 Å². The predicted molar refractivity (Wildman–Crippen MR) is 84.2 cm³/mol. The minimum atomic E-state index is -3.54. The van der Waals surface area contributed by atoms with Gasteiger partial charge in [0.15, 0.2) is 0 Å². The molecule has 5 nitrogen and oxygen atoms in total. The highest BCUT2D eigenvalue weighted by Crippen LogP contribution is 2.37. The number of ether oxygens (including phenoxy) is 1. The molecule has 2 aliphatic rings. The first kappa shape index (κ1) is 15.3. The molecule has 1 aromatic carbocycles. The van der Waals surface area contributed by atoms with Gasteiger partial charge in [0.25, 0.3) is 0 Å². The second kappa shape index (κ2) is 5.87. The standard InChI is InChI=1S/C14H19BrN2O3S/c1-17(12-2-5-16-6-3-12)21(18,19)13-9-11(15)8-10-4-7-20-14(10)13/h8-9,12,16H,2-7H2,1H3. The average molecular weight is 375 g/mol. The Bertz CT molecular complexity index is 642. The molecule has 0 spiro atoms. The molecule has 1 fully saturated rings. The summed E-state index contributed by atoms with van der Waals surface area (Å²) in [7, 11) is -1.86. The van der Waals surface area contributed by atoms with Gasteiger partial charge in [0.1, 0.15) is 10.6 Å². The first-order valence-corrected chi connectivity index (χ1v) is 9.37. The van der Waals surface area contributed by atoms with Crippen LogP contribution >= 0.6 is 15.9 Å². The van der Waals surface area contributed by atoms with E-state index in [0.29, 0.717) is 12.4 Å². The van der Waals surface area contributed by atoms with Crippen LogP contribution in [0.4, 0.5) is 0 Å². The molecule has 21 heavy (non-hydrogen) atoms. The van der Waals surface area contributed by atoms with Crippen molar-refractivity contribution in [2.75, 3.05) is 26.7 Å². The summed E-state index contributed by atoms with van der Waals surface area (Å²) < 4.78 is 33.8. The zero-order valence-electron chi connectivity index (χ0n) is 11.9. The summed E-state index contributed by atoms with van der Waals surface area (Å²) in [6, 6.07) is 3.63. The van der Waals surface area contributed by atoms with E-state index in [2.05, 4.69) is 21.2 Å². The number of fused-ring (bicyclic) bond motifs is 1. The first-order chi connectivity index (χ1) is 10.00. The maximum absolute atomic E-state index is 12.9. The second-order valence-corrected chi connectivity index (χ2v) is 8.37. The molecule has 1 saturated heterocycles. The van der Waals surface area contributed by atoms with Crippen molar-refractivity contribution in [3.05, 3.63) is 22.2 Å². The maximum Gasteiger partial charge on any atom is 0.246 e. The van der Waals surface area contributed by atoms with E-state index in [1.54, 1.807) is 13.1 Å². The highest BCUT2D eigenvalue weighted by molar-refractivity contribution is 9.10. The number of nitrogens with zero attached hydrogens (tertiary/aromatic N) is 1. The van der Waals surface area contributed by atoms with Gasteiger partial charge in [-0.2, -0.15) is 4.31 Å². The van der Waals surface area contributed by atoms with Crippen LogP contribution in [0, 0.1) is 0 Å². The Hall–Kier alpha value is -0.630. The zero-order chi connectivity index (χ0) is 15.0. The third-order valence-corrected chi connectivity index (χ3v) is 6.57. The molecular weight excluding hydrogens is 356 g/mol. The molecular formula is C14H19BrN2O3S. The number of hydrogen-bond acceptors (Lipinski definition) is 4. The highest BCUT2D eigenvalue weighted by Gasteiger charge is 2.33. The summed E-state index contributed by atoms with van der Waals surface area (Å²) in [5, 5.41) is 3.26. The molecule has 0 saturated carbocycles. The van der Waals surface area contributed by atoms with Crippen LogP contribution in [0.1, 0.15) is 18.4 Å². The Kier molecular flexibility index (Phi) is 4.27. The summed E-state index contributed by atoms with van der Waals surface area (Å²) in [6.45, 7) is 2.26. The lowest BCUT2D eigenvalue weighted by molar-refractivity contribution is 0.294. The maximum atomic E-state index is 12.9. The fourth-order valence-electron chi connectivity index (χ4n) is 2.95. The summed E-state index contributed by atoms with van der Waals surface area (Å²) in [6.07, 6.45) is 2.44. The van der Waals surface area contributed by atoms with Crippen LogP contribution in [-0.2, 0) is 16.4 Å². The number of benzene rings is 1. The largest absolute Gasteiger partial charge is 0.492 e. The van der Waals surface area contributed by atoms with Crippen molar-refractivity contribution >= 4 is 26.0 Å². The van der Waals surface area contributed by atoms with Crippen molar-refractivity contribution < 1.29 is 13.2 Å². The molecule has 116 valence electrons. The van der Waals surface area contributed by atoms with Gasteiger partial charge in [-0.3, -0.25) is 0 Å². The van der Waals surface area contributed by atoms with Crippen LogP contribution in [0.2, 0.25) is 0 Å². The fraction of sp³-hybridized carbons (Fsp3) is 0.571. The Morgan fingerprint density at radius 1 is 1.33 bits per heavy atom. The number of nitrogens with one attached hydrogen (secondary N) is 1. The van der Waals surface area contributed by atoms with Gasteiger partial charge in [-0.15, -0.1) is 0 Å². The van der Waals surface area contributed by atoms with Crippen LogP contribution in [0.3, 0.4) is 0 Å². The molecule has 2 heterocycles. The number of piperidine rings is 1. The number of rotatable bonds is 3. The van der Waals surface area contributed by atoms with Crippen molar-refractivity contribution in [2.45, 2.75) is 30.2 Å². The van der Waals surface area contributed by atoms with Gasteiger partial charge in [0, 0.05) is 29.5 Å². The van der Waals surface area contributed by atoms with E-state index in [9.17, 15) is 8.42 Å². The van der Waals surface area contributed by atoms with Crippen molar-refractivity contribution in [3.8, 4) is 5.75 Å². The van der Waals surface area contributed by atoms with Gasteiger partial charge in [0.05, 0.1) is 6.61 Å².